The first kappa shape index (κ1) is 21.2. The second-order valence-corrected chi connectivity index (χ2v) is 7.56. The second kappa shape index (κ2) is 9.03. The van der Waals surface area contributed by atoms with Gasteiger partial charge in [-0.25, -0.2) is 12.4 Å². The van der Waals surface area contributed by atoms with Crippen LogP contribution in [0.25, 0.3) is 0 Å². The summed E-state index contributed by atoms with van der Waals surface area (Å²) in [5.74, 6) is -0.294. The van der Waals surface area contributed by atoms with E-state index in [2.05, 4.69) is 10.6 Å². The Morgan fingerprint density at radius 3 is 2.44 bits per heavy atom. The van der Waals surface area contributed by atoms with Crippen molar-refractivity contribution in [1.82, 2.24) is 14.6 Å². The van der Waals surface area contributed by atoms with Crippen molar-refractivity contribution >= 4 is 28.3 Å². The molecule has 138 valence electrons. The molecule has 6 nitrogen and oxygen atoms in total. The van der Waals surface area contributed by atoms with Crippen molar-refractivity contribution < 1.29 is 13.2 Å². The van der Waals surface area contributed by atoms with Crippen molar-refractivity contribution in [3.8, 4) is 0 Å². The summed E-state index contributed by atoms with van der Waals surface area (Å²) in [5.41, 5.74) is 1.30. The maximum Gasteiger partial charge on any atom is 0.267 e. The number of carbonyl (C=O) groups excluding carboxylic acids is 1. The number of hydrogen-bond acceptors (Lipinski definition) is 4. The van der Waals surface area contributed by atoms with E-state index in [-0.39, 0.29) is 29.3 Å². The molecule has 0 unspecified atom stereocenters. The van der Waals surface area contributed by atoms with Crippen LogP contribution in [-0.4, -0.2) is 37.4 Å². The smallest absolute Gasteiger partial charge is 0.267 e. The van der Waals surface area contributed by atoms with Crippen molar-refractivity contribution in [1.29, 1.82) is 0 Å². The van der Waals surface area contributed by atoms with Gasteiger partial charge in [0.25, 0.3) is 15.9 Å². The Kier molecular flexibility index (Phi) is 7.66. The van der Waals surface area contributed by atoms with E-state index in [1.165, 1.54) is 18.5 Å². The topological polar surface area (TPSA) is 80.2 Å². The molecular formula is C17H24ClN3O3S. The van der Waals surface area contributed by atoms with Gasteiger partial charge in [-0.1, -0.05) is 24.6 Å². The van der Waals surface area contributed by atoms with Gasteiger partial charge >= 0.3 is 0 Å². The van der Waals surface area contributed by atoms with Crippen LogP contribution in [0, 0.1) is 6.92 Å². The molecule has 0 spiro atoms. The van der Waals surface area contributed by atoms with Crippen molar-refractivity contribution in [2.24, 2.45) is 0 Å². The SMILES string of the molecule is CCN[C@H](C)CNC(=O)c1ccn(S(=O)(=O)c2ccc(C)cc2)c1.Cl. The Morgan fingerprint density at radius 2 is 1.84 bits per heavy atom. The van der Waals surface area contributed by atoms with E-state index in [1.807, 2.05) is 20.8 Å². The lowest BCUT2D eigenvalue weighted by Crippen LogP contribution is -2.38. The summed E-state index contributed by atoms with van der Waals surface area (Å²) in [6.07, 6.45) is 2.72. The molecular weight excluding hydrogens is 362 g/mol. The number of aromatic nitrogens is 1. The highest BCUT2D eigenvalue weighted by atomic mass is 35.5. The van der Waals surface area contributed by atoms with E-state index in [1.54, 1.807) is 24.3 Å². The highest BCUT2D eigenvalue weighted by Gasteiger charge is 2.18. The molecule has 0 aliphatic rings. The van der Waals surface area contributed by atoms with Crippen molar-refractivity contribution in [3.63, 3.8) is 0 Å². The molecule has 2 rings (SSSR count). The Bertz CT molecular complexity index is 801. The number of nitrogens with one attached hydrogen (secondary N) is 2. The third-order valence-corrected chi connectivity index (χ3v) is 5.30. The lowest BCUT2D eigenvalue weighted by atomic mass is 10.2. The van der Waals surface area contributed by atoms with Gasteiger partial charge in [-0.15, -0.1) is 12.4 Å². The van der Waals surface area contributed by atoms with Gasteiger partial charge in [0, 0.05) is 25.0 Å². The summed E-state index contributed by atoms with van der Waals surface area (Å²) < 4.78 is 26.2. The molecule has 0 bridgehead atoms. The molecule has 2 N–H and O–H groups in total. The molecule has 25 heavy (non-hydrogen) atoms. The van der Waals surface area contributed by atoms with Crippen LogP contribution in [0.2, 0.25) is 0 Å². The Balaban J connectivity index is 0.00000312. The second-order valence-electron chi connectivity index (χ2n) is 5.72. The molecule has 1 amide bonds. The average molecular weight is 386 g/mol. The Hall–Kier alpha value is -1.83. The van der Waals surface area contributed by atoms with Gasteiger partial charge in [0.15, 0.2) is 0 Å². The van der Waals surface area contributed by atoms with Crippen molar-refractivity contribution in [2.45, 2.75) is 31.7 Å². The summed E-state index contributed by atoms with van der Waals surface area (Å²) in [4.78, 5) is 12.3. The summed E-state index contributed by atoms with van der Waals surface area (Å²) in [6.45, 7) is 7.15. The molecule has 8 heteroatoms. The summed E-state index contributed by atoms with van der Waals surface area (Å²) in [6, 6.07) is 8.25. The first-order valence-electron chi connectivity index (χ1n) is 7.86. The quantitative estimate of drug-likeness (QED) is 0.765. The van der Waals surface area contributed by atoms with E-state index in [4.69, 9.17) is 0 Å². The summed E-state index contributed by atoms with van der Waals surface area (Å²) in [5, 5.41) is 5.98. The van der Waals surface area contributed by atoms with E-state index in [9.17, 15) is 13.2 Å². The maximum absolute atomic E-state index is 12.6. The number of rotatable bonds is 7. The van der Waals surface area contributed by atoms with Crippen LogP contribution in [-0.2, 0) is 10.0 Å². The van der Waals surface area contributed by atoms with Crippen LogP contribution in [0.5, 0.6) is 0 Å². The number of amides is 1. The highest BCUT2D eigenvalue weighted by Crippen LogP contribution is 2.16. The minimum atomic E-state index is -3.68. The molecule has 0 saturated carbocycles. The van der Waals surface area contributed by atoms with E-state index in [0.717, 1.165) is 16.1 Å². The predicted octanol–water partition coefficient (Wildman–Crippen LogP) is 2.18. The minimum Gasteiger partial charge on any atom is -0.350 e. The molecule has 1 aromatic heterocycles. The van der Waals surface area contributed by atoms with Crippen LogP contribution in [0.15, 0.2) is 47.6 Å². The zero-order valence-electron chi connectivity index (χ0n) is 14.5. The largest absolute Gasteiger partial charge is 0.350 e. The number of aryl methyl sites for hydroxylation is 1. The molecule has 2 aromatic rings. The van der Waals surface area contributed by atoms with Crippen LogP contribution in [0.4, 0.5) is 0 Å². The lowest BCUT2D eigenvalue weighted by molar-refractivity contribution is 0.0950. The first-order chi connectivity index (χ1) is 11.3. The van der Waals surface area contributed by atoms with Gasteiger partial charge < -0.3 is 10.6 Å². The monoisotopic (exact) mass is 385 g/mol. The zero-order chi connectivity index (χ0) is 17.7. The minimum absolute atomic E-state index is 0. The third-order valence-electron chi connectivity index (χ3n) is 3.65. The molecule has 1 heterocycles. The number of nitrogens with zero attached hydrogens (tertiary/aromatic N) is 1. The molecule has 1 atom stereocenters. The van der Waals surface area contributed by atoms with Gasteiger partial charge in [0.1, 0.15) is 0 Å². The maximum atomic E-state index is 12.6. The van der Waals surface area contributed by atoms with Gasteiger partial charge in [-0.2, -0.15) is 0 Å². The summed E-state index contributed by atoms with van der Waals surface area (Å²) >= 11 is 0. The molecule has 1 aromatic carbocycles. The van der Waals surface area contributed by atoms with Gasteiger partial charge in [0.05, 0.1) is 10.5 Å². The number of halogens is 1. The van der Waals surface area contributed by atoms with Crippen LogP contribution in [0.3, 0.4) is 0 Å². The average Bonchev–Trinajstić information content (AvgIpc) is 3.04. The van der Waals surface area contributed by atoms with Crippen LogP contribution < -0.4 is 10.6 Å². The Labute approximate surface area is 155 Å². The highest BCUT2D eigenvalue weighted by molar-refractivity contribution is 7.90. The fourth-order valence-electron chi connectivity index (χ4n) is 2.26. The number of likely N-dealkylation sites (N-methyl/N-ethyl adjacent to an activating group) is 1. The first-order valence-corrected chi connectivity index (χ1v) is 9.30. The molecule has 0 aliphatic heterocycles. The number of carbonyl (C=O) groups is 1. The fourth-order valence-corrected chi connectivity index (χ4v) is 3.46. The molecule has 0 radical (unpaired) electrons. The fraction of sp³-hybridized carbons (Fsp3) is 0.353. The lowest BCUT2D eigenvalue weighted by Gasteiger charge is -2.12. The van der Waals surface area contributed by atoms with E-state index >= 15 is 0 Å². The predicted molar refractivity (Wildman–Crippen MR) is 101 cm³/mol. The van der Waals surface area contributed by atoms with Crippen LogP contribution in [0.1, 0.15) is 29.8 Å². The van der Waals surface area contributed by atoms with E-state index < -0.39 is 10.0 Å². The third kappa shape index (κ3) is 5.32. The molecule has 0 saturated heterocycles. The van der Waals surface area contributed by atoms with Crippen LogP contribution >= 0.6 is 12.4 Å². The van der Waals surface area contributed by atoms with Crippen molar-refractivity contribution in [2.75, 3.05) is 13.1 Å². The van der Waals surface area contributed by atoms with Gasteiger partial charge in [-0.3, -0.25) is 4.79 Å². The van der Waals surface area contributed by atoms with Gasteiger partial charge in [-0.05, 0) is 38.6 Å². The standard InChI is InChI=1S/C17H23N3O3S.ClH/c1-4-18-14(3)11-19-17(21)15-9-10-20(12-15)24(22,23)16-7-5-13(2)6-8-16;/h5-10,12,14,18H,4,11H2,1-3H3,(H,19,21);1H/t14-;/m1./s1. The number of hydrogen-bond donors (Lipinski definition) is 2. The summed E-state index contributed by atoms with van der Waals surface area (Å²) in [7, 11) is -3.68. The normalized spacial score (nSPS) is 12.3. The van der Waals surface area contributed by atoms with Crippen molar-refractivity contribution in [3.05, 3.63) is 53.9 Å². The Morgan fingerprint density at radius 1 is 1.20 bits per heavy atom. The number of benzene rings is 1. The van der Waals surface area contributed by atoms with E-state index in [0.29, 0.717) is 12.1 Å². The van der Waals surface area contributed by atoms with Gasteiger partial charge in [0.2, 0.25) is 0 Å². The zero-order valence-corrected chi connectivity index (χ0v) is 16.2. The molecule has 0 fully saturated rings. The molecule has 0 aliphatic carbocycles.